The molecule has 106 valence electrons. The van der Waals surface area contributed by atoms with Crippen LogP contribution in [-0.2, 0) is 4.79 Å². The van der Waals surface area contributed by atoms with Crippen molar-refractivity contribution in [3.05, 3.63) is 35.5 Å². The number of fused-ring (bicyclic) bond motifs is 4. The largest absolute Gasteiger partial charge is 0.393 e. The average molecular weight is 270 g/mol. The van der Waals surface area contributed by atoms with Crippen LogP contribution in [0.25, 0.3) is 0 Å². The molecule has 0 aliphatic heterocycles. The summed E-state index contributed by atoms with van der Waals surface area (Å²) in [4.78, 5) is 12.2. The van der Waals surface area contributed by atoms with Crippen molar-refractivity contribution in [2.24, 2.45) is 23.2 Å². The summed E-state index contributed by atoms with van der Waals surface area (Å²) in [6.07, 6.45) is 13.5. The maximum absolute atomic E-state index is 12.2. The van der Waals surface area contributed by atoms with Crippen molar-refractivity contribution in [3.63, 3.8) is 0 Å². The summed E-state index contributed by atoms with van der Waals surface area (Å²) in [5.74, 6) is 1.75. The van der Waals surface area contributed by atoms with Gasteiger partial charge in [0, 0.05) is 5.92 Å². The van der Waals surface area contributed by atoms with Gasteiger partial charge in [0.1, 0.15) is 0 Å². The van der Waals surface area contributed by atoms with Gasteiger partial charge in [-0.15, -0.1) is 0 Å². The van der Waals surface area contributed by atoms with E-state index in [1.165, 1.54) is 17.6 Å². The molecule has 2 heteroatoms. The monoisotopic (exact) mass is 270 g/mol. The molecule has 0 aromatic heterocycles. The first kappa shape index (κ1) is 12.6. The Hall–Kier alpha value is -1.15. The third-order valence-electron chi connectivity index (χ3n) is 6.20. The van der Waals surface area contributed by atoms with Gasteiger partial charge in [-0.25, -0.2) is 0 Å². The summed E-state index contributed by atoms with van der Waals surface area (Å²) in [5, 5.41) is 10.2. The van der Waals surface area contributed by atoms with Crippen LogP contribution in [0.5, 0.6) is 0 Å². The number of carbonyl (C=O) groups excluding carboxylic acids is 1. The number of hydrogen-bond donors (Lipinski definition) is 1. The summed E-state index contributed by atoms with van der Waals surface area (Å²) in [6.45, 7) is 2.10. The second kappa shape index (κ2) is 4.17. The van der Waals surface area contributed by atoms with E-state index < -0.39 is 0 Å². The minimum atomic E-state index is -0.268. The summed E-state index contributed by atoms with van der Waals surface area (Å²) in [6, 6.07) is 0. The van der Waals surface area contributed by atoms with E-state index in [-0.39, 0.29) is 17.3 Å². The second-order valence-electron chi connectivity index (χ2n) is 7.14. The lowest BCUT2D eigenvalue weighted by Crippen LogP contribution is -2.41. The van der Waals surface area contributed by atoms with Gasteiger partial charge in [-0.3, -0.25) is 4.79 Å². The molecule has 20 heavy (non-hydrogen) atoms. The highest BCUT2D eigenvalue weighted by Crippen LogP contribution is 2.54. The van der Waals surface area contributed by atoms with Gasteiger partial charge in [-0.2, -0.15) is 0 Å². The van der Waals surface area contributed by atoms with E-state index in [0.717, 1.165) is 25.7 Å². The van der Waals surface area contributed by atoms with Gasteiger partial charge in [0.05, 0.1) is 11.5 Å². The van der Waals surface area contributed by atoms with Gasteiger partial charge in [0.25, 0.3) is 0 Å². The van der Waals surface area contributed by atoms with Gasteiger partial charge >= 0.3 is 0 Å². The molecule has 4 aliphatic rings. The van der Waals surface area contributed by atoms with Crippen molar-refractivity contribution in [1.82, 2.24) is 0 Å². The van der Waals surface area contributed by atoms with Crippen LogP contribution in [0, 0.1) is 23.2 Å². The van der Waals surface area contributed by atoms with Crippen molar-refractivity contribution in [2.75, 3.05) is 0 Å². The molecule has 0 aromatic carbocycles. The Morgan fingerprint density at radius 2 is 2.05 bits per heavy atom. The number of hydrogen-bond acceptors (Lipinski definition) is 2. The van der Waals surface area contributed by atoms with Crippen molar-refractivity contribution in [3.8, 4) is 0 Å². The number of rotatable bonds is 0. The van der Waals surface area contributed by atoms with E-state index in [4.69, 9.17) is 0 Å². The van der Waals surface area contributed by atoms with Crippen LogP contribution in [0.2, 0.25) is 0 Å². The topological polar surface area (TPSA) is 37.3 Å². The maximum Gasteiger partial charge on any atom is 0.165 e. The Balaban J connectivity index is 1.81. The Morgan fingerprint density at radius 1 is 1.20 bits per heavy atom. The molecule has 2 nitrogen and oxygen atoms in total. The Kier molecular flexibility index (Phi) is 2.62. The molecule has 4 aliphatic carbocycles. The SMILES string of the molecule is C[C@]12CC[C@H]3C(=C1C=CC2=O)C=CC1C(O)CCC[C@@H]13. The summed E-state index contributed by atoms with van der Waals surface area (Å²) >= 11 is 0. The Morgan fingerprint density at radius 3 is 2.90 bits per heavy atom. The lowest BCUT2D eigenvalue weighted by Gasteiger charge is -2.46. The molecular weight excluding hydrogens is 248 g/mol. The molecule has 0 aromatic rings. The van der Waals surface area contributed by atoms with Crippen LogP contribution < -0.4 is 0 Å². The van der Waals surface area contributed by atoms with E-state index in [0.29, 0.717) is 17.8 Å². The van der Waals surface area contributed by atoms with Crippen LogP contribution in [0.1, 0.15) is 39.0 Å². The molecule has 0 saturated heterocycles. The van der Waals surface area contributed by atoms with Gasteiger partial charge in [-0.05, 0) is 61.7 Å². The van der Waals surface area contributed by atoms with Gasteiger partial charge < -0.3 is 5.11 Å². The molecule has 4 rings (SSSR count). The van der Waals surface area contributed by atoms with Crippen molar-refractivity contribution in [2.45, 2.75) is 45.1 Å². The highest BCUT2D eigenvalue weighted by atomic mass is 16.3. The number of aliphatic hydroxyl groups is 1. The zero-order valence-electron chi connectivity index (χ0n) is 12.0. The number of allylic oxidation sites excluding steroid dienone is 5. The van der Waals surface area contributed by atoms with E-state index >= 15 is 0 Å². The third kappa shape index (κ3) is 1.52. The summed E-state index contributed by atoms with van der Waals surface area (Å²) < 4.78 is 0. The number of carbonyl (C=O) groups is 1. The molecule has 1 N–H and O–H groups in total. The van der Waals surface area contributed by atoms with E-state index in [9.17, 15) is 9.90 Å². The first-order chi connectivity index (χ1) is 9.61. The molecule has 0 bridgehead atoms. The van der Waals surface area contributed by atoms with Crippen LogP contribution in [0.3, 0.4) is 0 Å². The van der Waals surface area contributed by atoms with Crippen molar-refractivity contribution in [1.29, 1.82) is 0 Å². The molecule has 5 atom stereocenters. The fourth-order valence-electron chi connectivity index (χ4n) is 4.98. The minimum Gasteiger partial charge on any atom is -0.393 e. The van der Waals surface area contributed by atoms with E-state index in [2.05, 4.69) is 19.1 Å². The zero-order chi connectivity index (χ0) is 13.9. The quantitative estimate of drug-likeness (QED) is 0.734. The lowest BCUT2D eigenvalue weighted by molar-refractivity contribution is -0.121. The lowest BCUT2D eigenvalue weighted by atomic mass is 9.58. The standard InChI is InChI=1S/C18H22O2/c1-18-10-9-12-11-3-2-4-16(19)14(11)6-5-13(12)15(18)7-8-17(18)20/h5-8,11-12,14,16,19H,2-4,9-10H2,1H3/t11-,12-,14?,16?,18+/m1/s1. The Labute approximate surface area is 120 Å². The third-order valence-corrected chi connectivity index (χ3v) is 6.20. The first-order valence-corrected chi connectivity index (χ1v) is 7.95. The van der Waals surface area contributed by atoms with Crippen molar-refractivity contribution < 1.29 is 9.90 Å². The van der Waals surface area contributed by atoms with Crippen LogP contribution in [-0.4, -0.2) is 17.0 Å². The molecule has 1 fully saturated rings. The molecule has 2 unspecified atom stereocenters. The number of ketones is 1. The number of aliphatic hydroxyl groups excluding tert-OH is 1. The normalized spacial score (nSPS) is 46.2. The van der Waals surface area contributed by atoms with Crippen LogP contribution >= 0.6 is 0 Å². The van der Waals surface area contributed by atoms with Gasteiger partial charge in [-0.1, -0.05) is 24.6 Å². The Bertz CT molecular complexity index is 554. The summed E-state index contributed by atoms with van der Waals surface area (Å²) in [5.41, 5.74) is 2.38. The average Bonchev–Trinajstić information content (AvgIpc) is 2.75. The minimum absolute atomic E-state index is 0.161. The first-order valence-electron chi connectivity index (χ1n) is 7.95. The van der Waals surface area contributed by atoms with E-state index in [1.54, 1.807) is 6.08 Å². The predicted molar refractivity (Wildman–Crippen MR) is 78.0 cm³/mol. The van der Waals surface area contributed by atoms with Crippen LogP contribution in [0.4, 0.5) is 0 Å². The molecule has 0 radical (unpaired) electrons. The highest BCUT2D eigenvalue weighted by Gasteiger charge is 2.48. The smallest absolute Gasteiger partial charge is 0.165 e. The van der Waals surface area contributed by atoms with Gasteiger partial charge in [0.15, 0.2) is 5.78 Å². The zero-order valence-corrected chi connectivity index (χ0v) is 12.0. The summed E-state index contributed by atoms with van der Waals surface area (Å²) in [7, 11) is 0. The molecular formula is C18H22O2. The fourth-order valence-corrected chi connectivity index (χ4v) is 4.98. The second-order valence-corrected chi connectivity index (χ2v) is 7.14. The molecule has 0 heterocycles. The van der Waals surface area contributed by atoms with Crippen molar-refractivity contribution >= 4 is 5.78 Å². The van der Waals surface area contributed by atoms with E-state index in [1.807, 2.05) is 6.08 Å². The molecule has 1 saturated carbocycles. The van der Waals surface area contributed by atoms with Gasteiger partial charge in [0.2, 0.25) is 0 Å². The predicted octanol–water partition coefficient (Wildman–Crippen LogP) is 3.19. The molecule has 0 amide bonds. The van der Waals surface area contributed by atoms with Crippen LogP contribution in [0.15, 0.2) is 35.5 Å². The maximum atomic E-state index is 12.2. The molecule has 0 spiro atoms. The highest BCUT2D eigenvalue weighted by molar-refractivity contribution is 6.01. The fraction of sp³-hybridized carbons (Fsp3) is 0.611.